The van der Waals surface area contributed by atoms with E-state index in [4.69, 9.17) is 0 Å². The van der Waals surface area contributed by atoms with Gasteiger partial charge in [-0.1, -0.05) is 30.3 Å². The van der Waals surface area contributed by atoms with Crippen LogP contribution in [0.5, 0.6) is 0 Å². The summed E-state index contributed by atoms with van der Waals surface area (Å²) in [4.78, 5) is 11.2. The Kier molecular flexibility index (Phi) is 4.30. The Morgan fingerprint density at radius 1 is 1.10 bits per heavy atom. The van der Waals surface area contributed by atoms with Crippen LogP contribution in [0.15, 0.2) is 42.5 Å². The van der Waals surface area contributed by atoms with E-state index in [0.29, 0.717) is 6.54 Å². The molecule has 0 bridgehead atoms. The standard InChI is InChI=1S/C15H13F2NO2/c1-20-15(19)11-7-8-12(14(17)13(11)16)18-9-10-5-3-2-4-6-10/h2-8,18H,9H2,1H3. The summed E-state index contributed by atoms with van der Waals surface area (Å²) in [5.41, 5.74) is 0.513. The van der Waals surface area contributed by atoms with Crippen LogP contribution >= 0.6 is 0 Å². The molecule has 0 saturated carbocycles. The van der Waals surface area contributed by atoms with Gasteiger partial charge in [0.15, 0.2) is 11.6 Å². The Morgan fingerprint density at radius 3 is 2.45 bits per heavy atom. The molecule has 2 aromatic carbocycles. The lowest BCUT2D eigenvalue weighted by atomic mass is 10.1. The van der Waals surface area contributed by atoms with Gasteiger partial charge in [-0.15, -0.1) is 0 Å². The molecule has 0 aromatic heterocycles. The number of benzene rings is 2. The van der Waals surface area contributed by atoms with Crippen molar-refractivity contribution in [1.29, 1.82) is 0 Å². The maximum Gasteiger partial charge on any atom is 0.340 e. The number of rotatable bonds is 4. The first-order chi connectivity index (χ1) is 9.63. The second-order valence-electron chi connectivity index (χ2n) is 4.12. The molecule has 0 atom stereocenters. The molecule has 0 spiro atoms. The van der Waals surface area contributed by atoms with E-state index in [9.17, 15) is 13.6 Å². The second kappa shape index (κ2) is 6.14. The number of halogens is 2. The van der Waals surface area contributed by atoms with Crippen molar-refractivity contribution in [3.63, 3.8) is 0 Å². The average molecular weight is 277 g/mol. The van der Waals surface area contributed by atoms with Crippen LogP contribution in [0.1, 0.15) is 15.9 Å². The largest absolute Gasteiger partial charge is 0.465 e. The third-order valence-electron chi connectivity index (χ3n) is 2.81. The Labute approximate surface area is 115 Å². The molecular weight excluding hydrogens is 264 g/mol. The Balaban J connectivity index is 2.18. The van der Waals surface area contributed by atoms with Crippen molar-refractivity contribution in [1.82, 2.24) is 0 Å². The number of hydrogen-bond donors (Lipinski definition) is 1. The van der Waals surface area contributed by atoms with Crippen molar-refractivity contribution in [3.8, 4) is 0 Å². The maximum atomic E-state index is 13.8. The Hall–Kier alpha value is -2.43. The summed E-state index contributed by atoms with van der Waals surface area (Å²) in [7, 11) is 1.11. The number of esters is 1. The second-order valence-corrected chi connectivity index (χ2v) is 4.12. The van der Waals surface area contributed by atoms with E-state index in [1.54, 1.807) is 0 Å². The molecular formula is C15H13F2NO2. The molecule has 5 heteroatoms. The molecule has 0 aliphatic rings. The summed E-state index contributed by atoms with van der Waals surface area (Å²) in [6.07, 6.45) is 0. The topological polar surface area (TPSA) is 38.3 Å². The average Bonchev–Trinajstić information content (AvgIpc) is 2.49. The van der Waals surface area contributed by atoms with Crippen LogP contribution in [-0.2, 0) is 11.3 Å². The molecule has 0 saturated heterocycles. The van der Waals surface area contributed by atoms with Gasteiger partial charge in [0, 0.05) is 6.54 Å². The SMILES string of the molecule is COC(=O)c1ccc(NCc2ccccc2)c(F)c1F. The van der Waals surface area contributed by atoms with Gasteiger partial charge >= 0.3 is 5.97 Å². The summed E-state index contributed by atoms with van der Waals surface area (Å²) in [5, 5.41) is 2.79. The van der Waals surface area contributed by atoms with Gasteiger partial charge in [0.2, 0.25) is 0 Å². The van der Waals surface area contributed by atoms with Crippen LogP contribution in [0.3, 0.4) is 0 Å². The highest BCUT2D eigenvalue weighted by molar-refractivity contribution is 5.90. The van der Waals surface area contributed by atoms with Crippen LogP contribution in [0.25, 0.3) is 0 Å². The number of anilines is 1. The van der Waals surface area contributed by atoms with Crippen molar-refractivity contribution >= 4 is 11.7 Å². The van der Waals surface area contributed by atoms with Crippen LogP contribution in [0.4, 0.5) is 14.5 Å². The highest BCUT2D eigenvalue weighted by Crippen LogP contribution is 2.21. The summed E-state index contributed by atoms with van der Waals surface area (Å²) >= 11 is 0. The molecule has 20 heavy (non-hydrogen) atoms. The zero-order chi connectivity index (χ0) is 14.5. The summed E-state index contributed by atoms with van der Waals surface area (Å²) in [5.74, 6) is -3.21. The van der Waals surface area contributed by atoms with Crippen LogP contribution in [-0.4, -0.2) is 13.1 Å². The lowest BCUT2D eigenvalue weighted by Crippen LogP contribution is -2.09. The molecule has 0 unspecified atom stereocenters. The van der Waals surface area contributed by atoms with E-state index < -0.39 is 23.2 Å². The lowest BCUT2D eigenvalue weighted by molar-refractivity contribution is 0.0594. The first kappa shape index (κ1) is 14.0. The Morgan fingerprint density at radius 2 is 1.80 bits per heavy atom. The van der Waals surface area contributed by atoms with Gasteiger partial charge in [0.05, 0.1) is 18.4 Å². The fourth-order valence-corrected chi connectivity index (χ4v) is 1.75. The fraction of sp³-hybridized carbons (Fsp3) is 0.133. The van der Waals surface area contributed by atoms with E-state index in [0.717, 1.165) is 12.7 Å². The van der Waals surface area contributed by atoms with Gasteiger partial charge in [-0.3, -0.25) is 0 Å². The molecule has 2 aromatic rings. The van der Waals surface area contributed by atoms with E-state index in [2.05, 4.69) is 10.1 Å². The third-order valence-corrected chi connectivity index (χ3v) is 2.81. The number of methoxy groups -OCH3 is 1. The smallest absolute Gasteiger partial charge is 0.340 e. The van der Waals surface area contributed by atoms with Crippen LogP contribution in [0, 0.1) is 11.6 Å². The van der Waals surface area contributed by atoms with Crippen molar-refractivity contribution < 1.29 is 18.3 Å². The lowest BCUT2D eigenvalue weighted by Gasteiger charge is -2.10. The molecule has 1 N–H and O–H groups in total. The van der Waals surface area contributed by atoms with Gasteiger partial charge < -0.3 is 10.1 Å². The number of nitrogens with one attached hydrogen (secondary N) is 1. The first-order valence-electron chi connectivity index (χ1n) is 5.97. The van der Waals surface area contributed by atoms with Crippen molar-refractivity contribution in [2.45, 2.75) is 6.54 Å². The van der Waals surface area contributed by atoms with Gasteiger partial charge in [-0.2, -0.15) is 0 Å². The fourth-order valence-electron chi connectivity index (χ4n) is 1.75. The van der Waals surface area contributed by atoms with E-state index in [1.165, 1.54) is 12.1 Å². The maximum absolute atomic E-state index is 13.8. The molecule has 2 rings (SSSR count). The predicted molar refractivity (Wildman–Crippen MR) is 71.5 cm³/mol. The quantitative estimate of drug-likeness (QED) is 0.871. The van der Waals surface area contributed by atoms with Gasteiger partial charge in [-0.05, 0) is 17.7 Å². The zero-order valence-electron chi connectivity index (χ0n) is 10.8. The first-order valence-corrected chi connectivity index (χ1v) is 5.97. The molecule has 3 nitrogen and oxygen atoms in total. The van der Waals surface area contributed by atoms with E-state index in [-0.39, 0.29) is 5.69 Å². The minimum absolute atomic E-state index is 0.000920. The monoisotopic (exact) mass is 277 g/mol. The Bertz CT molecular complexity index is 615. The summed E-state index contributed by atoms with van der Waals surface area (Å²) < 4.78 is 31.9. The zero-order valence-corrected chi connectivity index (χ0v) is 10.8. The molecule has 0 radical (unpaired) electrons. The molecule has 0 amide bonds. The third kappa shape index (κ3) is 2.93. The van der Waals surface area contributed by atoms with Crippen molar-refractivity contribution in [3.05, 3.63) is 65.2 Å². The van der Waals surface area contributed by atoms with E-state index >= 15 is 0 Å². The number of hydrogen-bond acceptors (Lipinski definition) is 3. The minimum Gasteiger partial charge on any atom is -0.465 e. The highest BCUT2D eigenvalue weighted by atomic mass is 19.2. The predicted octanol–water partition coefficient (Wildman–Crippen LogP) is 3.36. The number of ether oxygens (including phenoxy) is 1. The molecule has 0 aliphatic heterocycles. The summed E-state index contributed by atoms with van der Waals surface area (Å²) in [6, 6.07) is 11.8. The normalized spacial score (nSPS) is 10.2. The van der Waals surface area contributed by atoms with Crippen molar-refractivity contribution in [2.75, 3.05) is 12.4 Å². The summed E-state index contributed by atoms with van der Waals surface area (Å²) in [6.45, 7) is 0.356. The molecule has 104 valence electrons. The van der Waals surface area contributed by atoms with Gasteiger partial charge in [0.1, 0.15) is 0 Å². The number of carbonyl (C=O) groups is 1. The van der Waals surface area contributed by atoms with E-state index in [1.807, 2.05) is 30.3 Å². The molecule has 0 aliphatic carbocycles. The van der Waals surface area contributed by atoms with Crippen molar-refractivity contribution in [2.24, 2.45) is 0 Å². The number of carbonyl (C=O) groups excluding carboxylic acids is 1. The van der Waals surface area contributed by atoms with Crippen LogP contribution < -0.4 is 5.32 Å². The minimum atomic E-state index is -1.21. The molecule has 0 fully saturated rings. The molecule has 0 heterocycles. The van der Waals surface area contributed by atoms with Gasteiger partial charge in [0.25, 0.3) is 0 Å². The van der Waals surface area contributed by atoms with Crippen LogP contribution in [0.2, 0.25) is 0 Å². The van der Waals surface area contributed by atoms with Gasteiger partial charge in [-0.25, -0.2) is 13.6 Å². The highest BCUT2D eigenvalue weighted by Gasteiger charge is 2.18.